The fraction of sp³-hybridized carbons (Fsp3) is 0. The Morgan fingerprint density at radius 1 is 0.292 bits per heavy atom. The molecule has 0 bridgehead atoms. The van der Waals surface area contributed by atoms with Crippen LogP contribution >= 0.6 is 0 Å². The van der Waals surface area contributed by atoms with Crippen LogP contribution in [0.4, 0.5) is 0 Å². The number of nitrogens with zero attached hydrogens (tertiary/aromatic N) is 5. The van der Waals surface area contributed by atoms with Crippen LogP contribution in [-0.2, 0) is 0 Å². The number of para-hydroxylation sites is 6. The maximum Gasteiger partial charge on any atom is 0.167 e. The van der Waals surface area contributed by atoms with Gasteiger partial charge in [0.25, 0.3) is 0 Å². The van der Waals surface area contributed by atoms with E-state index < -0.39 is 0 Å². The van der Waals surface area contributed by atoms with E-state index in [-0.39, 0.29) is 0 Å². The van der Waals surface area contributed by atoms with Crippen LogP contribution in [0, 0.1) is 0 Å². The molecule has 16 aromatic rings. The second-order valence-electron chi connectivity index (χ2n) is 18.7. The summed E-state index contributed by atoms with van der Waals surface area (Å²) >= 11 is 0. The highest BCUT2D eigenvalue weighted by atomic mass is 16.3. The highest BCUT2D eigenvalue weighted by molar-refractivity contribution is 6.20. The van der Waals surface area contributed by atoms with E-state index in [1.807, 2.05) is 18.2 Å². The lowest BCUT2D eigenvalue weighted by Gasteiger charge is -2.14. The van der Waals surface area contributed by atoms with Crippen molar-refractivity contribution in [1.29, 1.82) is 0 Å². The van der Waals surface area contributed by atoms with Crippen molar-refractivity contribution in [3.8, 4) is 45.5 Å². The minimum Gasteiger partial charge on any atom is -0.455 e. The summed E-state index contributed by atoms with van der Waals surface area (Å²) in [7, 11) is 0. The summed E-state index contributed by atoms with van der Waals surface area (Å²) in [4.78, 5) is 16.7. The van der Waals surface area contributed by atoms with Gasteiger partial charge in [-0.1, -0.05) is 152 Å². The van der Waals surface area contributed by atoms with E-state index in [0.717, 1.165) is 116 Å². The van der Waals surface area contributed by atoms with Gasteiger partial charge in [-0.25, -0.2) is 15.0 Å². The summed E-state index contributed by atoms with van der Waals surface area (Å²) in [6, 6.07) is 79.0. The Bertz CT molecular complexity index is 4940. The van der Waals surface area contributed by atoms with Crippen molar-refractivity contribution in [1.82, 2.24) is 24.1 Å². The standard InChI is InChI=1S/C65H37N5O2/c1-2-19-41(20-3-1)70-55-30-12-8-22-44(55)47-25-14-27-50(60(47)70)63-66-64(51-28-15-26-48-46-24-10-13-31-57(46)71-62(48)51)68-65(67-63)53-36-42(37-58-59(53)49-33-32-38-16-6-7-21-43(38)61(49)72-58)69-54-29-11-9-23-45(54)52-34-39-17-4-5-18-40(39)35-56(52)69/h1-37H. The highest BCUT2D eigenvalue weighted by Gasteiger charge is 2.26. The average molecular weight is 920 g/mol. The number of rotatable bonds is 5. The number of aromatic nitrogens is 5. The van der Waals surface area contributed by atoms with Crippen LogP contribution in [0.15, 0.2) is 233 Å². The molecule has 334 valence electrons. The first-order valence-corrected chi connectivity index (χ1v) is 24.3. The normalized spacial score (nSPS) is 12.2. The van der Waals surface area contributed by atoms with Gasteiger partial charge in [0.2, 0.25) is 0 Å². The minimum atomic E-state index is 0.499. The van der Waals surface area contributed by atoms with Crippen molar-refractivity contribution in [3.63, 3.8) is 0 Å². The third kappa shape index (κ3) is 5.58. The highest BCUT2D eigenvalue weighted by Crippen LogP contribution is 2.45. The molecule has 0 spiro atoms. The molecule has 0 unspecified atom stereocenters. The molecule has 0 fully saturated rings. The zero-order valence-electron chi connectivity index (χ0n) is 38.4. The predicted octanol–water partition coefficient (Wildman–Crippen LogP) is 17.2. The fourth-order valence-electron chi connectivity index (χ4n) is 11.6. The zero-order chi connectivity index (χ0) is 47.0. The van der Waals surface area contributed by atoms with Crippen molar-refractivity contribution >= 4 is 109 Å². The quantitative estimate of drug-likeness (QED) is 0.172. The lowest BCUT2D eigenvalue weighted by atomic mass is 10.0. The molecule has 0 aliphatic carbocycles. The topological polar surface area (TPSA) is 74.8 Å². The molecule has 0 saturated heterocycles. The van der Waals surface area contributed by atoms with Crippen molar-refractivity contribution < 1.29 is 8.83 Å². The molecular weight excluding hydrogens is 883 g/mol. The second-order valence-corrected chi connectivity index (χ2v) is 18.7. The molecule has 0 atom stereocenters. The molecule has 5 aromatic heterocycles. The molecule has 5 heterocycles. The van der Waals surface area contributed by atoms with E-state index in [1.54, 1.807) is 0 Å². The third-order valence-corrected chi connectivity index (χ3v) is 14.7. The molecule has 16 rings (SSSR count). The third-order valence-electron chi connectivity index (χ3n) is 14.7. The van der Waals surface area contributed by atoms with Crippen LogP contribution in [0.25, 0.3) is 155 Å². The number of hydrogen-bond donors (Lipinski definition) is 0. The summed E-state index contributed by atoms with van der Waals surface area (Å²) in [6.45, 7) is 0. The van der Waals surface area contributed by atoms with Gasteiger partial charge in [0.15, 0.2) is 17.5 Å². The molecular formula is C65H37N5O2. The van der Waals surface area contributed by atoms with Gasteiger partial charge in [0, 0.05) is 71.4 Å². The van der Waals surface area contributed by atoms with Gasteiger partial charge in [-0.3, -0.25) is 0 Å². The van der Waals surface area contributed by atoms with E-state index in [1.165, 1.54) is 21.5 Å². The Morgan fingerprint density at radius 3 is 1.68 bits per heavy atom. The molecule has 0 amide bonds. The van der Waals surface area contributed by atoms with Gasteiger partial charge in [0.05, 0.1) is 33.3 Å². The maximum atomic E-state index is 7.14. The van der Waals surface area contributed by atoms with E-state index in [0.29, 0.717) is 17.5 Å². The molecule has 7 heteroatoms. The molecule has 0 N–H and O–H groups in total. The van der Waals surface area contributed by atoms with E-state index in [9.17, 15) is 0 Å². The Morgan fingerprint density at radius 2 is 0.875 bits per heavy atom. The van der Waals surface area contributed by atoms with Gasteiger partial charge in [-0.05, 0) is 82.9 Å². The zero-order valence-corrected chi connectivity index (χ0v) is 38.4. The van der Waals surface area contributed by atoms with Gasteiger partial charge in [0.1, 0.15) is 22.3 Å². The van der Waals surface area contributed by atoms with E-state index in [4.69, 9.17) is 23.8 Å². The molecule has 11 aromatic carbocycles. The molecule has 72 heavy (non-hydrogen) atoms. The lowest BCUT2D eigenvalue weighted by Crippen LogP contribution is -2.03. The number of hydrogen-bond acceptors (Lipinski definition) is 5. The van der Waals surface area contributed by atoms with Gasteiger partial charge >= 0.3 is 0 Å². The maximum absolute atomic E-state index is 7.14. The van der Waals surface area contributed by atoms with E-state index in [2.05, 4.69) is 215 Å². The molecule has 7 nitrogen and oxygen atoms in total. The summed E-state index contributed by atoms with van der Waals surface area (Å²) in [6.07, 6.45) is 0. The Labute approximate surface area is 410 Å². The molecule has 0 aliphatic rings. The SMILES string of the molecule is c1ccc(-n2c3ccccc3c3cccc(-c4nc(-c5cccc6c5oc5ccccc56)nc(-c5cc(-n6c7ccccc7c7cc8ccccc8cc76)cc6oc7c8ccccc8ccc7c56)n4)c32)cc1. The first-order valence-electron chi connectivity index (χ1n) is 24.3. The number of furan rings is 2. The van der Waals surface area contributed by atoms with Crippen LogP contribution in [-0.4, -0.2) is 24.1 Å². The van der Waals surface area contributed by atoms with Crippen LogP contribution in [0.1, 0.15) is 0 Å². The first-order chi connectivity index (χ1) is 35.7. The Kier molecular flexibility index (Phi) is 8.04. The average Bonchev–Trinajstić information content (AvgIpc) is 4.20. The summed E-state index contributed by atoms with van der Waals surface area (Å²) in [5.41, 5.74) is 11.8. The van der Waals surface area contributed by atoms with Crippen molar-refractivity contribution in [2.24, 2.45) is 0 Å². The first kappa shape index (κ1) is 39.0. The number of fused-ring (bicyclic) bond motifs is 15. The van der Waals surface area contributed by atoms with Crippen LogP contribution in [0.5, 0.6) is 0 Å². The van der Waals surface area contributed by atoms with E-state index >= 15 is 0 Å². The van der Waals surface area contributed by atoms with Gasteiger partial charge < -0.3 is 18.0 Å². The Hall–Kier alpha value is -9.85. The second kappa shape index (κ2) is 14.8. The lowest BCUT2D eigenvalue weighted by molar-refractivity contribution is 0.669. The van der Waals surface area contributed by atoms with Crippen LogP contribution in [0.2, 0.25) is 0 Å². The number of benzene rings is 11. The molecule has 0 radical (unpaired) electrons. The van der Waals surface area contributed by atoms with Gasteiger partial charge in [-0.15, -0.1) is 0 Å². The van der Waals surface area contributed by atoms with Gasteiger partial charge in [-0.2, -0.15) is 0 Å². The fourth-order valence-corrected chi connectivity index (χ4v) is 11.6. The van der Waals surface area contributed by atoms with Crippen molar-refractivity contribution in [3.05, 3.63) is 224 Å². The monoisotopic (exact) mass is 919 g/mol. The predicted molar refractivity (Wildman–Crippen MR) is 294 cm³/mol. The molecule has 0 saturated carbocycles. The smallest absolute Gasteiger partial charge is 0.167 e. The van der Waals surface area contributed by atoms with Crippen LogP contribution < -0.4 is 0 Å². The summed E-state index contributed by atoms with van der Waals surface area (Å²) in [5.74, 6) is 1.55. The summed E-state index contributed by atoms with van der Waals surface area (Å²) in [5, 5.41) is 13.0. The van der Waals surface area contributed by atoms with Crippen molar-refractivity contribution in [2.45, 2.75) is 0 Å². The van der Waals surface area contributed by atoms with Crippen LogP contribution in [0.3, 0.4) is 0 Å². The molecule has 0 aliphatic heterocycles. The Balaban J connectivity index is 1.05. The largest absolute Gasteiger partial charge is 0.455 e. The van der Waals surface area contributed by atoms with Crippen molar-refractivity contribution in [2.75, 3.05) is 0 Å². The minimum absolute atomic E-state index is 0.499. The summed E-state index contributed by atoms with van der Waals surface area (Å²) < 4.78 is 18.6.